The Balaban J connectivity index is 1.94. The number of aryl methyl sites for hydroxylation is 1. The minimum absolute atomic E-state index is 0.140. The number of benzene rings is 2. The van der Waals surface area contributed by atoms with Gasteiger partial charge in [0.2, 0.25) is 0 Å². The highest BCUT2D eigenvalue weighted by molar-refractivity contribution is 9.10. The summed E-state index contributed by atoms with van der Waals surface area (Å²) in [6.45, 7) is 5.64. The van der Waals surface area contributed by atoms with Crippen LogP contribution in [0.5, 0.6) is 0 Å². The number of nitrogens with zero attached hydrogens (tertiary/aromatic N) is 1. The van der Waals surface area contributed by atoms with Crippen LogP contribution in [0.1, 0.15) is 36.3 Å². The lowest BCUT2D eigenvalue weighted by Crippen LogP contribution is -2.43. The molecule has 0 fully saturated rings. The third-order valence-electron chi connectivity index (χ3n) is 4.82. The smallest absolute Gasteiger partial charge is 0.328 e. The van der Waals surface area contributed by atoms with Crippen LogP contribution in [0.4, 0.5) is 5.69 Å². The van der Waals surface area contributed by atoms with Crippen molar-refractivity contribution in [2.24, 2.45) is 0 Å². The molecule has 0 saturated heterocycles. The molecule has 0 spiro atoms. The molecule has 3 rings (SSSR count). The molecule has 31 heavy (non-hydrogen) atoms. The Morgan fingerprint density at radius 1 is 1.03 bits per heavy atom. The number of rotatable bonds is 5. The summed E-state index contributed by atoms with van der Waals surface area (Å²) in [6, 6.07) is 12.4. The maximum atomic E-state index is 13.1. The summed E-state index contributed by atoms with van der Waals surface area (Å²) in [6.07, 6.45) is 0.694. The van der Waals surface area contributed by atoms with E-state index in [1.54, 1.807) is 24.3 Å². The first kappa shape index (κ1) is 23.0. The second kappa shape index (κ2) is 9.65. The number of aromatic nitrogens is 1. The minimum Gasteiger partial charge on any atom is -0.345 e. The molecule has 7 nitrogen and oxygen atoms in total. The normalized spacial score (nSPS) is 11.8. The van der Waals surface area contributed by atoms with Gasteiger partial charge in [-0.1, -0.05) is 38.8 Å². The van der Waals surface area contributed by atoms with Crippen LogP contribution in [0, 0.1) is 6.92 Å². The molecule has 1 aromatic heterocycles. The highest BCUT2D eigenvalue weighted by Crippen LogP contribution is 2.25. The van der Waals surface area contributed by atoms with E-state index in [4.69, 9.17) is 0 Å². The summed E-state index contributed by atoms with van der Waals surface area (Å²) in [7, 11) is 0. The standard InChI is InChI=1S/C22H22Br2N4O3/c1-4-13(3)25-21(30)22(31)27-28-18-8-5-15(23)10-14(18)11-19(28)20(29)26-16-6-7-17(24)12(2)9-16/h5-11,13H,4H2,1-3H3,(H,25,30)(H,26,29)(H,27,31)/t13-/m1/s1. The molecular weight excluding hydrogens is 528 g/mol. The van der Waals surface area contributed by atoms with Gasteiger partial charge in [-0.2, -0.15) is 0 Å². The van der Waals surface area contributed by atoms with Gasteiger partial charge in [-0.25, -0.2) is 4.68 Å². The quantitative estimate of drug-likeness (QED) is 0.402. The van der Waals surface area contributed by atoms with E-state index in [0.717, 1.165) is 19.9 Å². The molecule has 0 unspecified atom stereocenters. The Kier molecular flexibility index (Phi) is 7.17. The number of hydrogen-bond acceptors (Lipinski definition) is 3. The van der Waals surface area contributed by atoms with Crippen molar-refractivity contribution in [3.05, 3.63) is 62.7 Å². The van der Waals surface area contributed by atoms with Crippen molar-refractivity contribution in [1.29, 1.82) is 0 Å². The van der Waals surface area contributed by atoms with Gasteiger partial charge in [0.1, 0.15) is 5.69 Å². The van der Waals surface area contributed by atoms with E-state index in [9.17, 15) is 14.4 Å². The number of amides is 3. The Morgan fingerprint density at radius 2 is 1.77 bits per heavy atom. The Hall–Kier alpha value is -2.65. The molecule has 1 atom stereocenters. The summed E-state index contributed by atoms with van der Waals surface area (Å²) in [5, 5.41) is 6.19. The molecular formula is C22H22Br2N4O3. The zero-order chi connectivity index (χ0) is 22.7. The van der Waals surface area contributed by atoms with Gasteiger partial charge in [0.25, 0.3) is 5.91 Å². The van der Waals surface area contributed by atoms with E-state index in [1.807, 2.05) is 39.0 Å². The topological polar surface area (TPSA) is 92.2 Å². The van der Waals surface area contributed by atoms with E-state index < -0.39 is 17.7 Å². The van der Waals surface area contributed by atoms with Gasteiger partial charge < -0.3 is 10.6 Å². The van der Waals surface area contributed by atoms with Gasteiger partial charge in [-0.15, -0.1) is 0 Å². The van der Waals surface area contributed by atoms with Crippen molar-refractivity contribution >= 4 is 66.2 Å². The van der Waals surface area contributed by atoms with Gasteiger partial charge >= 0.3 is 11.8 Å². The van der Waals surface area contributed by atoms with E-state index in [1.165, 1.54) is 4.68 Å². The van der Waals surface area contributed by atoms with Crippen LogP contribution in [0.15, 0.2) is 51.4 Å². The van der Waals surface area contributed by atoms with Gasteiger partial charge in [-0.3, -0.25) is 19.8 Å². The predicted molar refractivity (Wildman–Crippen MR) is 129 cm³/mol. The van der Waals surface area contributed by atoms with Crippen molar-refractivity contribution in [3.8, 4) is 0 Å². The zero-order valence-electron chi connectivity index (χ0n) is 17.3. The first-order valence-electron chi connectivity index (χ1n) is 9.70. The van der Waals surface area contributed by atoms with Gasteiger partial charge in [0.15, 0.2) is 0 Å². The Morgan fingerprint density at radius 3 is 2.45 bits per heavy atom. The Labute approximate surface area is 196 Å². The molecule has 0 bridgehead atoms. The minimum atomic E-state index is -0.853. The predicted octanol–water partition coefficient (Wildman–Crippen LogP) is 4.71. The third-order valence-corrected chi connectivity index (χ3v) is 6.20. The van der Waals surface area contributed by atoms with Gasteiger partial charge in [-0.05, 0) is 68.3 Å². The lowest BCUT2D eigenvalue weighted by molar-refractivity contribution is -0.137. The van der Waals surface area contributed by atoms with E-state index in [2.05, 4.69) is 47.9 Å². The zero-order valence-corrected chi connectivity index (χ0v) is 20.4. The molecule has 1 heterocycles. The number of halogens is 2. The molecule has 0 radical (unpaired) electrons. The maximum Gasteiger partial charge on any atom is 0.328 e. The summed E-state index contributed by atoms with van der Waals surface area (Å²) in [5.74, 6) is -2.03. The molecule has 0 aliphatic carbocycles. The van der Waals surface area contributed by atoms with Crippen molar-refractivity contribution in [3.63, 3.8) is 0 Å². The number of anilines is 1. The molecule has 3 N–H and O–H groups in total. The fraction of sp³-hybridized carbons (Fsp3) is 0.227. The monoisotopic (exact) mass is 548 g/mol. The number of hydrogen-bond donors (Lipinski definition) is 3. The van der Waals surface area contributed by atoms with E-state index >= 15 is 0 Å². The van der Waals surface area contributed by atoms with Crippen LogP contribution < -0.4 is 16.1 Å². The number of carbonyl (C=O) groups is 3. The van der Waals surface area contributed by atoms with Crippen molar-refractivity contribution < 1.29 is 14.4 Å². The lowest BCUT2D eigenvalue weighted by atomic mass is 10.2. The van der Waals surface area contributed by atoms with Crippen LogP contribution in [-0.4, -0.2) is 28.4 Å². The van der Waals surface area contributed by atoms with Crippen LogP contribution in [-0.2, 0) is 9.59 Å². The number of nitrogens with one attached hydrogen (secondary N) is 3. The number of carbonyl (C=O) groups excluding carboxylic acids is 3. The highest BCUT2D eigenvalue weighted by Gasteiger charge is 2.21. The van der Waals surface area contributed by atoms with Gasteiger partial charge in [0.05, 0.1) is 5.52 Å². The third kappa shape index (κ3) is 5.34. The van der Waals surface area contributed by atoms with Crippen LogP contribution in [0.25, 0.3) is 10.9 Å². The number of fused-ring (bicyclic) bond motifs is 1. The maximum absolute atomic E-state index is 13.1. The fourth-order valence-corrected chi connectivity index (χ4v) is 3.56. The molecule has 2 aromatic carbocycles. The average molecular weight is 550 g/mol. The van der Waals surface area contributed by atoms with Gasteiger partial charge in [0, 0.05) is 26.1 Å². The van der Waals surface area contributed by atoms with E-state index in [-0.39, 0.29) is 11.7 Å². The summed E-state index contributed by atoms with van der Waals surface area (Å²) < 4.78 is 3.10. The molecule has 9 heteroatoms. The summed E-state index contributed by atoms with van der Waals surface area (Å²) in [4.78, 5) is 37.8. The molecule has 3 amide bonds. The average Bonchev–Trinajstić information content (AvgIpc) is 3.07. The Bertz CT molecular complexity index is 1170. The van der Waals surface area contributed by atoms with Crippen molar-refractivity contribution in [2.75, 3.05) is 10.7 Å². The first-order chi connectivity index (χ1) is 14.7. The SMILES string of the molecule is CC[C@@H](C)NC(=O)C(=O)Nn1c(C(=O)Nc2ccc(Br)c(C)c2)cc2cc(Br)ccc21. The molecule has 0 saturated carbocycles. The van der Waals surface area contributed by atoms with Crippen LogP contribution in [0.3, 0.4) is 0 Å². The second-order valence-corrected chi connectivity index (χ2v) is 8.98. The lowest BCUT2D eigenvalue weighted by Gasteiger charge is -2.14. The molecule has 0 aliphatic heterocycles. The van der Waals surface area contributed by atoms with E-state index in [0.29, 0.717) is 17.6 Å². The fourth-order valence-electron chi connectivity index (χ4n) is 2.94. The van der Waals surface area contributed by atoms with Crippen molar-refractivity contribution in [1.82, 2.24) is 9.99 Å². The first-order valence-corrected chi connectivity index (χ1v) is 11.3. The largest absolute Gasteiger partial charge is 0.345 e. The molecule has 0 aliphatic rings. The van der Waals surface area contributed by atoms with Crippen LogP contribution >= 0.6 is 31.9 Å². The highest BCUT2D eigenvalue weighted by atomic mass is 79.9. The van der Waals surface area contributed by atoms with Crippen molar-refractivity contribution in [2.45, 2.75) is 33.2 Å². The van der Waals surface area contributed by atoms with Crippen LogP contribution in [0.2, 0.25) is 0 Å². The molecule has 162 valence electrons. The molecule has 3 aromatic rings. The summed E-state index contributed by atoms with van der Waals surface area (Å²) in [5.41, 5.74) is 4.92. The summed E-state index contributed by atoms with van der Waals surface area (Å²) >= 11 is 6.85. The second-order valence-electron chi connectivity index (χ2n) is 7.21.